The summed E-state index contributed by atoms with van der Waals surface area (Å²) in [6.07, 6.45) is 0.647. The predicted octanol–water partition coefficient (Wildman–Crippen LogP) is 1.65. The molecule has 1 amide bonds. The molecule has 0 bridgehead atoms. The second-order valence-corrected chi connectivity index (χ2v) is 4.53. The summed E-state index contributed by atoms with van der Waals surface area (Å²) in [5.74, 6) is -0.396. The molecule has 0 fully saturated rings. The summed E-state index contributed by atoms with van der Waals surface area (Å²) in [4.78, 5) is 24.8. The molecule has 1 rings (SSSR count). The molecule has 1 N–H and O–H groups in total. The number of amides is 1. The lowest BCUT2D eigenvalue weighted by atomic mass is 10.1. The number of hydrogen-bond acceptors (Lipinski definition) is 5. The van der Waals surface area contributed by atoms with Gasteiger partial charge in [-0.05, 0) is 6.42 Å². The summed E-state index contributed by atoms with van der Waals surface area (Å²) >= 11 is 0. The van der Waals surface area contributed by atoms with Crippen molar-refractivity contribution in [1.82, 2.24) is 4.90 Å². The molecule has 0 saturated carbocycles. The summed E-state index contributed by atoms with van der Waals surface area (Å²) in [6, 6.07) is 3.03. The van der Waals surface area contributed by atoms with Crippen LogP contribution >= 0.6 is 0 Å². The zero-order valence-corrected chi connectivity index (χ0v) is 13.2. The predicted molar refractivity (Wildman–Crippen MR) is 79.9 cm³/mol. The van der Waals surface area contributed by atoms with Crippen LogP contribution in [0, 0.1) is 0 Å². The van der Waals surface area contributed by atoms with Gasteiger partial charge in [-0.25, -0.2) is 0 Å². The minimum atomic E-state index is -1.07. The third-order valence-corrected chi connectivity index (χ3v) is 3.04. The summed E-state index contributed by atoms with van der Waals surface area (Å²) < 4.78 is 15.6. The lowest BCUT2D eigenvalue weighted by molar-refractivity contribution is -0.137. The van der Waals surface area contributed by atoms with Gasteiger partial charge in [-0.3, -0.25) is 9.59 Å². The maximum atomic E-state index is 12.6. The number of carbonyl (C=O) groups is 2. The Morgan fingerprint density at radius 1 is 1.05 bits per heavy atom. The Hall–Kier alpha value is -2.44. The highest BCUT2D eigenvalue weighted by atomic mass is 16.5. The Morgan fingerprint density at radius 2 is 1.59 bits per heavy atom. The maximum absolute atomic E-state index is 12.6. The first-order valence-corrected chi connectivity index (χ1v) is 6.79. The number of hydrogen-bond donors (Lipinski definition) is 1. The number of benzene rings is 1. The van der Waals surface area contributed by atoms with Crippen LogP contribution in [0.5, 0.6) is 17.2 Å². The number of carboxylic acids is 1. The van der Waals surface area contributed by atoms with E-state index in [1.54, 1.807) is 0 Å². The molecule has 7 nitrogen and oxygen atoms in total. The van der Waals surface area contributed by atoms with Crippen molar-refractivity contribution in [2.24, 2.45) is 0 Å². The van der Waals surface area contributed by atoms with Gasteiger partial charge in [0.05, 0.1) is 26.9 Å². The van der Waals surface area contributed by atoms with Gasteiger partial charge in [-0.1, -0.05) is 6.92 Å². The number of carbonyl (C=O) groups excluding carboxylic acids is 1. The van der Waals surface area contributed by atoms with Crippen molar-refractivity contribution in [2.45, 2.75) is 13.3 Å². The fraction of sp³-hybridized carbons (Fsp3) is 0.467. The number of rotatable bonds is 8. The van der Waals surface area contributed by atoms with E-state index in [1.807, 2.05) is 6.92 Å². The average molecular weight is 311 g/mol. The fourth-order valence-corrected chi connectivity index (χ4v) is 2.05. The van der Waals surface area contributed by atoms with Gasteiger partial charge in [0, 0.05) is 18.7 Å². The molecule has 0 aliphatic heterocycles. The van der Waals surface area contributed by atoms with Crippen LogP contribution in [0.4, 0.5) is 0 Å². The van der Waals surface area contributed by atoms with Crippen LogP contribution in [0.2, 0.25) is 0 Å². The SMILES string of the molecule is CCCN(CC(=O)O)C(=O)c1cc(OC)c(OC)cc1OC. The Bertz CT molecular complexity index is 543. The van der Waals surface area contributed by atoms with E-state index in [4.69, 9.17) is 19.3 Å². The molecule has 0 radical (unpaired) electrons. The van der Waals surface area contributed by atoms with Gasteiger partial charge in [-0.2, -0.15) is 0 Å². The van der Waals surface area contributed by atoms with Crippen molar-refractivity contribution in [3.63, 3.8) is 0 Å². The van der Waals surface area contributed by atoms with Gasteiger partial charge >= 0.3 is 5.97 Å². The first-order valence-electron chi connectivity index (χ1n) is 6.79. The molecular formula is C15H21NO6. The van der Waals surface area contributed by atoms with Gasteiger partial charge in [-0.15, -0.1) is 0 Å². The smallest absolute Gasteiger partial charge is 0.323 e. The number of ether oxygens (including phenoxy) is 3. The molecular weight excluding hydrogens is 290 g/mol. The zero-order chi connectivity index (χ0) is 16.7. The summed E-state index contributed by atoms with van der Waals surface area (Å²) in [7, 11) is 4.37. The zero-order valence-electron chi connectivity index (χ0n) is 13.2. The summed E-state index contributed by atoms with van der Waals surface area (Å²) in [6.45, 7) is 1.83. The van der Waals surface area contributed by atoms with Gasteiger partial charge in [0.15, 0.2) is 11.5 Å². The number of nitrogens with zero attached hydrogens (tertiary/aromatic N) is 1. The van der Waals surface area contributed by atoms with Crippen LogP contribution in [0.1, 0.15) is 23.7 Å². The standard InChI is InChI=1S/C15H21NO6/c1-5-6-16(9-14(17)18)15(19)10-7-12(21-3)13(22-4)8-11(10)20-2/h7-8H,5-6,9H2,1-4H3,(H,17,18). The van der Waals surface area contributed by atoms with E-state index in [2.05, 4.69) is 0 Å². The minimum absolute atomic E-state index is 0.231. The Morgan fingerprint density at radius 3 is 2.05 bits per heavy atom. The fourth-order valence-electron chi connectivity index (χ4n) is 2.05. The van der Waals surface area contributed by atoms with E-state index in [9.17, 15) is 9.59 Å². The van der Waals surface area contributed by atoms with Crippen molar-refractivity contribution in [3.8, 4) is 17.2 Å². The summed E-state index contributed by atoms with van der Waals surface area (Å²) in [5.41, 5.74) is 0.231. The van der Waals surface area contributed by atoms with E-state index in [0.29, 0.717) is 30.2 Å². The minimum Gasteiger partial charge on any atom is -0.496 e. The van der Waals surface area contributed by atoms with E-state index < -0.39 is 11.9 Å². The Balaban J connectivity index is 3.26. The Labute approximate surface area is 129 Å². The van der Waals surface area contributed by atoms with Gasteiger partial charge < -0.3 is 24.2 Å². The van der Waals surface area contributed by atoms with Gasteiger partial charge in [0.25, 0.3) is 5.91 Å². The molecule has 22 heavy (non-hydrogen) atoms. The largest absolute Gasteiger partial charge is 0.496 e. The van der Waals surface area contributed by atoms with Crippen LogP contribution in [-0.2, 0) is 4.79 Å². The second kappa shape index (κ2) is 8.11. The molecule has 0 aliphatic rings. The van der Waals surface area contributed by atoms with Crippen molar-refractivity contribution in [1.29, 1.82) is 0 Å². The molecule has 1 aromatic carbocycles. The van der Waals surface area contributed by atoms with Crippen LogP contribution < -0.4 is 14.2 Å². The first kappa shape index (κ1) is 17.6. The van der Waals surface area contributed by atoms with Gasteiger partial charge in [0.2, 0.25) is 0 Å². The second-order valence-electron chi connectivity index (χ2n) is 4.53. The quantitative estimate of drug-likeness (QED) is 0.785. The topological polar surface area (TPSA) is 85.3 Å². The first-order chi connectivity index (χ1) is 10.5. The van der Waals surface area contributed by atoms with Crippen molar-refractivity contribution in [3.05, 3.63) is 17.7 Å². The molecule has 122 valence electrons. The van der Waals surface area contributed by atoms with E-state index in [-0.39, 0.29) is 12.1 Å². The van der Waals surface area contributed by atoms with Crippen LogP contribution in [0.3, 0.4) is 0 Å². The molecule has 0 heterocycles. The van der Waals surface area contributed by atoms with E-state index in [1.165, 1.54) is 38.4 Å². The lowest BCUT2D eigenvalue weighted by Gasteiger charge is -2.22. The monoisotopic (exact) mass is 311 g/mol. The van der Waals surface area contributed by atoms with E-state index >= 15 is 0 Å². The number of carboxylic acid groups (broad SMARTS) is 1. The van der Waals surface area contributed by atoms with Crippen LogP contribution in [0.15, 0.2) is 12.1 Å². The molecule has 7 heteroatoms. The highest BCUT2D eigenvalue weighted by Crippen LogP contribution is 2.35. The third kappa shape index (κ3) is 4.03. The molecule has 0 aliphatic carbocycles. The van der Waals surface area contributed by atoms with Crippen LogP contribution in [0.25, 0.3) is 0 Å². The highest BCUT2D eigenvalue weighted by Gasteiger charge is 2.23. The highest BCUT2D eigenvalue weighted by molar-refractivity contribution is 5.99. The normalized spacial score (nSPS) is 10.0. The number of methoxy groups -OCH3 is 3. The van der Waals surface area contributed by atoms with Crippen LogP contribution in [-0.4, -0.2) is 56.3 Å². The lowest BCUT2D eigenvalue weighted by Crippen LogP contribution is -2.36. The van der Waals surface area contributed by atoms with E-state index in [0.717, 1.165) is 0 Å². The molecule has 0 atom stereocenters. The molecule has 0 aromatic heterocycles. The Kier molecular flexibility index (Phi) is 6.49. The van der Waals surface area contributed by atoms with Gasteiger partial charge in [0.1, 0.15) is 12.3 Å². The van der Waals surface area contributed by atoms with Crippen molar-refractivity contribution in [2.75, 3.05) is 34.4 Å². The molecule has 0 saturated heterocycles. The summed E-state index contributed by atoms with van der Waals surface area (Å²) in [5, 5.41) is 8.95. The third-order valence-electron chi connectivity index (χ3n) is 3.04. The molecule has 0 spiro atoms. The molecule has 1 aromatic rings. The number of aliphatic carboxylic acids is 1. The average Bonchev–Trinajstić information content (AvgIpc) is 2.51. The van der Waals surface area contributed by atoms with Crippen molar-refractivity contribution >= 4 is 11.9 Å². The van der Waals surface area contributed by atoms with Crippen molar-refractivity contribution < 1.29 is 28.9 Å². The maximum Gasteiger partial charge on any atom is 0.323 e. The molecule has 0 unspecified atom stereocenters.